The van der Waals surface area contributed by atoms with Crippen molar-refractivity contribution >= 4 is 5.91 Å². The predicted octanol–water partition coefficient (Wildman–Crippen LogP) is 0.587. The molecule has 1 rings (SSSR count). The van der Waals surface area contributed by atoms with Crippen molar-refractivity contribution in [2.24, 2.45) is 0 Å². The molecule has 1 aliphatic heterocycles. The van der Waals surface area contributed by atoms with Gasteiger partial charge >= 0.3 is 0 Å². The first-order valence-electron chi connectivity index (χ1n) is 6.51. The van der Waals surface area contributed by atoms with Gasteiger partial charge in [-0.2, -0.15) is 0 Å². The second-order valence-corrected chi connectivity index (χ2v) is 4.32. The second-order valence-electron chi connectivity index (χ2n) is 4.32. The van der Waals surface area contributed by atoms with E-state index >= 15 is 0 Å². The molecule has 94 valence electrons. The molecule has 4 nitrogen and oxygen atoms in total. The third kappa shape index (κ3) is 4.49. The Morgan fingerprint density at radius 2 is 2.19 bits per heavy atom. The third-order valence-electron chi connectivity index (χ3n) is 3.22. The second kappa shape index (κ2) is 7.63. The fourth-order valence-corrected chi connectivity index (χ4v) is 2.09. The zero-order valence-corrected chi connectivity index (χ0v) is 10.6. The molecule has 0 aromatic rings. The molecule has 4 heteroatoms. The minimum Gasteiger partial charge on any atom is -0.355 e. The normalized spacial score (nSPS) is 20.3. The van der Waals surface area contributed by atoms with Crippen LogP contribution >= 0.6 is 0 Å². The van der Waals surface area contributed by atoms with Gasteiger partial charge in [-0.05, 0) is 45.4 Å². The van der Waals surface area contributed by atoms with Crippen LogP contribution in [0.15, 0.2) is 0 Å². The molecule has 1 amide bonds. The van der Waals surface area contributed by atoms with E-state index in [0.29, 0.717) is 0 Å². The smallest absolute Gasteiger partial charge is 0.237 e. The number of carbonyl (C=O) groups excluding carboxylic acids is 1. The van der Waals surface area contributed by atoms with Crippen LogP contribution in [0.1, 0.15) is 33.1 Å². The summed E-state index contributed by atoms with van der Waals surface area (Å²) in [6.45, 7) is 9.38. The van der Waals surface area contributed by atoms with E-state index in [2.05, 4.69) is 29.4 Å². The number of nitrogens with zero attached hydrogens (tertiary/aromatic N) is 1. The van der Waals surface area contributed by atoms with E-state index in [0.717, 1.165) is 52.0 Å². The van der Waals surface area contributed by atoms with Gasteiger partial charge in [-0.15, -0.1) is 0 Å². The molecule has 1 fully saturated rings. The molecule has 0 aromatic carbocycles. The lowest BCUT2D eigenvalue weighted by Crippen LogP contribution is -2.41. The van der Waals surface area contributed by atoms with Crippen molar-refractivity contribution in [2.75, 3.05) is 32.7 Å². The molecule has 2 N–H and O–H groups in total. The van der Waals surface area contributed by atoms with Crippen LogP contribution in [0, 0.1) is 0 Å². The Morgan fingerprint density at radius 3 is 2.75 bits per heavy atom. The number of amides is 1. The highest BCUT2D eigenvalue weighted by atomic mass is 16.2. The summed E-state index contributed by atoms with van der Waals surface area (Å²) in [5, 5.41) is 6.21. The van der Waals surface area contributed by atoms with Crippen molar-refractivity contribution in [1.29, 1.82) is 0 Å². The Balaban J connectivity index is 2.03. The average Bonchev–Trinajstić information content (AvgIpc) is 2.82. The largest absolute Gasteiger partial charge is 0.355 e. The van der Waals surface area contributed by atoms with Crippen LogP contribution in [0.3, 0.4) is 0 Å². The van der Waals surface area contributed by atoms with Gasteiger partial charge in [0.1, 0.15) is 0 Å². The summed E-state index contributed by atoms with van der Waals surface area (Å²) >= 11 is 0. The van der Waals surface area contributed by atoms with E-state index in [1.807, 2.05) is 0 Å². The highest BCUT2D eigenvalue weighted by molar-refractivity contribution is 5.81. The lowest BCUT2D eigenvalue weighted by atomic mass is 10.2. The van der Waals surface area contributed by atoms with Gasteiger partial charge in [-0.1, -0.05) is 13.8 Å². The van der Waals surface area contributed by atoms with Crippen molar-refractivity contribution in [2.45, 2.75) is 39.2 Å². The summed E-state index contributed by atoms with van der Waals surface area (Å²) in [6, 6.07) is 0.0634. The molecular weight excluding hydrogens is 202 g/mol. The molecule has 0 bridgehead atoms. The van der Waals surface area contributed by atoms with Crippen LogP contribution < -0.4 is 10.6 Å². The van der Waals surface area contributed by atoms with E-state index in [9.17, 15) is 4.79 Å². The average molecular weight is 227 g/mol. The molecule has 0 aliphatic carbocycles. The van der Waals surface area contributed by atoms with E-state index in [-0.39, 0.29) is 11.9 Å². The first-order valence-corrected chi connectivity index (χ1v) is 6.51. The number of nitrogens with one attached hydrogen (secondary N) is 2. The molecular formula is C12H25N3O. The van der Waals surface area contributed by atoms with Crippen molar-refractivity contribution in [3.63, 3.8) is 0 Å². The number of hydrogen-bond donors (Lipinski definition) is 2. The lowest BCUT2D eigenvalue weighted by Gasteiger charge is -2.18. The van der Waals surface area contributed by atoms with Gasteiger partial charge in [0.25, 0.3) is 0 Å². The molecule has 0 radical (unpaired) electrons. The van der Waals surface area contributed by atoms with E-state index in [4.69, 9.17) is 0 Å². The molecule has 1 atom stereocenters. The number of carbonyl (C=O) groups is 1. The summed E-state index contributed by atoms with van der Waals surface area (Å²) in [4.78, 5) is 14.0. The van der Waals surface area contributed by atoms with Gasteiger partial charge < -0.3 is 15.5 Å². The Morgan fingerprint density at radius 1 is 1.44 bits per heavy atom. The maximum Gasteiger partial charge on any atom is 0.237 e. The summed E-state index contributed by atoms with van der Waals surface area (Å²) in [6.07, 6.45) is 3.15. The van der Waals surface area contributed by atoms with E-state index in [1.165, 1.54) is 0 Å². The minimum absolute atomic E-state index is 0.0634. The van der Waals surface area contributed by atoms with Gasteiger partial charge in [0.2, 0.25) is 5.91 Å². The highest BCUT2D eigenvalue weighted by Gasteiger charge is 2.20. The maximum absolute atomic E-state index is 11.6. The molecule has 16 heavy (non-hydrogen) atoms. The molecule has 0 unspecified atom stereocenters. The van der Waals surface area contributed by atoms with Crippen LogP contribution in [-0.4, -0.2) is 49.6 Å². The predicted molar refractivity (Wildman–Crippen MR) is 66.4 cm³/mol. The summed E-state index contributed by atoms with van der Waals surface area (Å²) in [5.74, 6) is 0.178. The monoisotopic (exact) mass is 227 g/mol. The summed E-state index contributed by atoms with van der Waals surface area (Å²) in [5.41, 5.74) is 0. The van der Waals surface area contributed by atoms with E-state index in [1.54, 1.807) is 0 Å². The molecule has 0 saturated carbocycles. The molecule has 1 heterocycles. The zero-order valence-electron chi connectivity index (χ0n) is 10.6. The van der Waals surface area contributed by atoms with Gasteiger partial charge in [-0.25, -0.2) is 0 Å². The maximum atomic E-state index is 11.6. The SMILES string of the molecule is CCN(CC)CCCNC(=O)[C@@H]1CCCN1. The van der Waals surface area contributed by atoms with Gasteiger partial charge in [-0.3, -0.25) is 4.79 Å². The quantitative estimate of drug-likeness (QED) is 0.626. The first kappa shape index (κ1) is 13.5. The Kier molecular flexibility index (Phi) is 6.42. The van der Waals surface area contributed by atoms with Crippen LogP contribution in [0.4, 0.5) is 0 Å². The van der Waals surface area contributed by atoms with Crippen LogP contribution in [-0.2, 0) is 4.79 Å². The van der Waals surface area contributed by atoms with Gasteiger partial charge in [0.15, 0.2) is 0 Å². The third-order valence-corrected chi connectivity index (χ3v) is 3.22. The van der Waals surface area contributed by atoms with E-state index < -0.39 is 0 Å². The lowest BCUT2D eigenvalue weighted by molar-refractivity contribution is -0.122. The highest BCUT2D eigenvalue weighted by Crippen LogP contribution is 2.04. The Labute approximate surface area is 98.8 Å². The van der Waals surface area contributed by atoms with Crippen molar-refractivity contribution in [3.8, 4) is 0 Å². The van der Waals surface area contributed by atoms with Crippen molar-refractivity contribution in [3.05, 3.63) is 0 Å². The molecule has 1 aliphatic rings. The van der Waals surface area contributed by atoms with Gasteiger partial charge in [0, 0.05) is 6.54 Å². The topological polar surface area (TPSA) is 44.4 Å². The molecule has 0 aromatic heterocycles. The van der Waals surface area contributed by atoms with Crippen molar-refractivity contribution < 1.29 is 4.79 Å². The standard InChI is InChI=1S/C12H25N3O/c1-3-15(4-2)10-6-9-14-12(16)11-7-5-8-13-11/h11,13H,3-10H2,1-2H3,(H,14,16)/t11-/m0/s1. The summed E-state index contributed by atoms with van der Waals surface area (Å²) in [7, 11) is 0. The molecule has 1 saturated heterocycles. The fraction of sp³-hybridized carbons (Fsp3) is 0.917. The van der Waals surface area contributed by atoms with Gasteiger partial charge in [0.05, 0.1) is 6.04 Å². The van der Waals surface area contributed by atoms with Crippen LogP contribution in [0.25, 0.3) is 0 Å². The first-order chi connectivity index (χ1) is 7.77. The Bertz CT molecular complexity index is 198. The Hall–Kier alpha value is -0.610. The summed E-state index contributed by atoms with van der Waals surface area (Å²) < 4.78 is 0. The fourth-order valence-electron chi connectivity index (χ4n) is 2.09. The van der Waals surface area contributed by atoms with Crippen molar-refractivity contribution in [1.82, 2.24) is 15.5 Å². The number of rotatable bonds is 7. The minimum atomic E-state index is 0.0634. The van der Waals surface area contributed by atoms with Crippen LogP contribution in [0.5, 0.6) is 0 Å². The zero-order chi connectivity index (χ0) is 11.8. The number of hydrogen-bond acceptors (Lipinski definition) is 3. The van der Waals surface area contributed by atoms with Crippen LogP contribution in [0.2, 0.25) is 0 Å². The molecule has 0 spiro atoms.